The van der Waals surface area contributed by atoms with Crippen molar-refractivity contribution in [3.05, 3.63) is 96.1 Å². The first-order chi connectivity index (χ1) is 16.5. The molecule has 0 fully saturated rings. The van der Waals surface area contributed by atoms with Crippen LogP contribution in [0.2, 0.25) is 0 Å². The minimum absolute atomic E-state index is 0.125. The highest BCUT2D eigenvalue weighted by Gasteiger charge is 2.36. The van der Waals surface area contributed by atoms with Gasteiger partial charge in [0.05, 0.1) is 0 Å². The average molecular weight is 455 g/mol. The number of carboxylic acid groups (broad SMARTS) is 1. The van der Waals surface area contributed by atoms with Gasteiger partial charge in [0.1, 0.15) is 6.04 Å². The van der Waals surface area contributed by atoms with Crippen LogP contribution in [0.25, 0.3) is 21.5 Å². The van der Waals surface area contributed by atoms with E-state index in [-0.39, 0.29) is 17.5 Å². The first kappa shape index (κ1) is 23.1. The Labute approximate surface area is 197 Å². The molecule has 4 aromatic carbocycles. The van der Waals surface area contributed by atoms with Gasteiger partial charge in [0.25, 0.3) is 11.8 Å². The lowest BCUT2D eigenvalue weighted by molar-refractivity contribution is -0.141. The van der Waals surface area contributed by atoms with Crippen LogP contribution >= 0.6 is 0 Å². The first-order valence-corrected chi connectivity index (χ1v) is 11.3. The van der Waals surface area contributed by atoms with E-state index in [0.29, 0.717) is 30.2 Å². The van der Waals surface area contributed by atoms with E-state index in [2.05, 4.69) is 0 Å². The molecular formula is C28H26N2O4. The Hall–Kier alpha value is -4.03. The van der Waals surface area contributed by atoms with Gasteiger partial charge in [-0.05, 0) is 59.5 Å². The summed E-state index contributed by atoms with van der Waals surface area (Å²) in [5, 5.41) is 13.1. The molecule has 6 nitrogen and oxygen atoms in total. The highest BCUT2D eigenvalue weighted by Crippen LogP contribution is 2.26. The number of aliphatic carboxylic acids is 1. The molecule has 0 bridgehead atoms. The highest BCUT2D eigenvalue weighted by atomic mass is 16.4. The summed E-state index contributed by atoms with van der Waals surface area (Å²) in [5.41, 5.74) is 6.18. The Morgan fingerprint density at radius 3 is 1.65 bits per heavy atom. The van der Waals surface area contributed by atoms with Crippen LogP contribution in [0.4, 0.5) is 0 Å². The van der Waals surface area contributed by atoms with Crippen molar-refractivity contribution in [2.75, 3.05) is 6.54 Å². The van der Waals surface area contributed by atoms with Gasteiger partial charge in [-0.2, -0.15) is 0 Å². The van der Waals surface area contributed by atoms with Crippen LogP contribution in [-0.2, 0) is 4.79 Å². The van der Waals surface area contributed by atoms with E-state index in [4.69, 9.17) is 5.73 Å². The second kappa shape index (κ2) is 10.3. The maximum atomic E-state index is 13.9. The van der Waals surface area contributed by atoms with E-state index in [0.717, 1.165) is 15.7 Å². The average Bonchev–Trinajstić information content (AvgIpc) is 2.87. The maximum absolute atomic E-state index is 13.9. The van der Waals surface area contributed by atoms with Crippen LogP contribution < -0.4 is 5.73 Å². The zero-order valence-electron chi connectivity index (χ0n) is 18.7. The number of carbonyl (C=O) groups excluding carboxylic acids is 2. The second-order valence-electron chi connectivity index (χ2n) is 8.17. The summed E-state index contributed by atoms with van der Waals surface area (Å²) in [6.07, 6.45) is 1.21. The van der Waals surface area contributed by atoms with Crippen molar-refractivity contribution >= 4 is 39.3 Å². The highest BCUT2D eigenvalue weighted by molar-refractivity contribution is 6.19. The van der Waals surface area contributed by atoms with Crippen molar-refractivity contribution < 1.29 is 19.5 Å². The summed E-state index contributed by atoms with van der Waals surface area (Å²) in [5.74, 6) is -2.48. The lowest BCUT2D eigenvalue weighted by Gasteiger charge is -2.28. The fraction of sp³-hybridized carbons (Fsp3) is 0.179. The van der Waals surface area contributed by atoms with Gasteiger partial charge in [-0.3, -0.25) is 14.5 Å². The molecule has 2 amide bonds. The molecule has 0 aromatic heterocycles. The third-order valence-electron chi connectivity index (χ3n) is 6.01. The number of carboxylic acids is 1. The third-order valence-corrected chi connectivity index (χ3v) is 6.01. The summed E-state index contributed by atoms with van der Waals surface area (Å²) >= 11 is 0. The van der Waals surface area contributed by atoms with E-state index in [1.165, 1.54) is 0 Å². The Bertz CT molecular complexity index is 1260. The molecule has 0 radical (unpaired) electrons. The minimum atomic E-state index is -1.32. The van der Waals surface area contributed by atoms with Gasteiger partial charge in [0.2, 0.25) is 0 Å². The summed E-state index contributed by atoms with van der Waals surface area (Å²) in [6.45, 7) is 0.404. The van der Waals surface area contributed by atoms with Crippen molar-refractivity contribution in [1.82, 2.24) is 4.90 Å². The molecule has 34 heavy (non-hydrogen) atoms. The fourth-order valence-electron chi connectivity index (χ4n) is 4.30. The van der Waals surface area contributed by atoms with Gasteiger partial charge in [-0.15, -0.1) is 0 Å². The summed E-state index contributed by atoms with van der Waals surface area (Å²) in [4.78, 5) is 41.1. The molecule has 0 saturated heterocycles. The molecule has 0 spiro atoms. The Morgan fingerprint density at radius 1 is 0.706 bits per heavy atom. The monoisotopic (exact) mass is 454 g/mol. The molecule has 0 aliphatic carbocycles. The topological polar surface area (TPSA) is 101 Å². The molecule has 172 valence electrons. The Morgan fingerprint density at radius 2 is 1.18 bits per heavy atom. The molecule has 0 heterocycles. The van der Waals surface area contributed by atoms with Gasteiger partial charge < -0.3 is 10.8 Å². The number of amides is 2. The van der Waals surface area contributed by atoms with Crippen molar-refractivity contribution in [2.45, 2.75) is 25.3 Å². The normalized spacial score (nSPS) is 11.9. The Balaban J connectivity index is 1.86. The standard InChI is InChI=1S/C28H26N2O4/c29-18-6-5-17-25(28(33)34)30(26(31)23-15-7-11-19-9-1-3-13-21(19)23)27(32)24-16-8-12-20-10-2-4-14-22(20)24/h1-4,7-16,25H,5-6,17-18,29H2,(H,33,34)/t25-/m0/s1. The lowest BCUT2D eigenvalue weighted by atomic mass is 9.99. The SMILES string of the molecule is NCCCC[C@@H](C(=O)O)N(C(=O)c1cccc2ccccc12)C(=O)c1cccc2ccccc12. The summed E-state index contributed by atoms with van der Waals surface area (Å²) < 4.78 is 0. The quantitative estimate of drug-likeness (QED) is 0.293. The van der Waals surface area contributed by atoms with E-state index in [1.54, 1.807) is 36.4 Å². The molecule has 4 rings (SSSR count). The molecule has 4 aromatic rings. The lowest BCUT2D eigenvalue weighted by Crippen LogP contribution is -2.49. The van der Waals surface area contributed by atoms with Gasteiger partial charge in [0.15, 0.2) is 0 Å². The minimum Gasteiger partial charge on any atom is -0.480 e. The number of nitrogens with zero attached hydrogens (tertiary/aromatic N) is 1. The van der Waals surface area contributed by atoms with E-state index < -0.39 is 23.8 Å². The van der Waals surface area contributed by atoms with Crippen LogP contribution in [0.3, 0.4) is 0 Å². The van der Waals surface area contributed by atoms with Crippen LogP contribution in [0.5, 0.6) is 0 Å². The fourth-order valence-corrected chi connectivity index (χ4v) is 4.30. The van der Waals surface area contributed by atoms with Crippen LogP contribution in [-0.4, -0.2) is 40.4 Å². The van der Waals surface area contributed by atoms with E-state index >= 15 is 0 Å². The molecular weight excluding hydrogens is 428 g/mol. The predicted molar refractivity (Wildman–Crippen MR) is 133 cm³/mol. The smallest absolute Gasteiger partial charge is 0.326 e. The summed E-state index contributed by atoms with van der Waals surface area (Å²) in [6, 6.07) is 23.9. The van der Waals surface area contributed by atoms with Gasteiger partial charge in [-0.25, -0.2) is 4.79 Å². The molecule has 0 saturated carbocycles. The molecule has 0 aliphatic rings. The number of benzene rings is 4. The molecule has 0 unspecified atom stereocenters. The number of imide groups is 1. The van der Waals surface area contributed by atoms with Gasteiger partial charge in [-0.1, -0.05) is 72.8 Å². The van der Waals surface area contributed by atoms with Gasteiger partial charge >= 0.3 is 5.97 Å². The van der Waals surface area contributed by atoms with E-state index in [9.17, 15) is 19.5 Å². The number of fused-ring (bicyclic) bond motifs is 2. The number of hydrogen-bond acceptors (Lipinski definition) is 4. The van der Waals surface area contributed by atoms with Crippen LogP contribution in [0.15, 0.2) is 84.9 Å². The van der Waals surface area contributed by atoms with Crippen molar-refractivity contribution in [3.63, 3.8) is 0 Å². The zero-order valence-corrected chi connectivity index (χ0v) is 18.7. The number of unbranched alkanes of at least 4 members (excludes halogenated alkanes) is 1. The number of hydrogen-bond donors (Lipinski definition) is 2. The molecule has 1 atom stereocenters. The van der Waals surface area contributed by atoms with Crippen LogP contribution in [0, 0.1) is 0 Å². The largest absolute Gasteiger partial charge is 0.480 e. The molecule has 3 N–H and O–H groups in total. The van der Waals surface area contributed by atoms with Crippen molar-refractivity contribution in [2.24, 2.45) is 5.73 Å². The Kier molecular flexibility index (Phi) is 6.99. The van der Waals surface area contributed by atoms with Crippen molar-refractivity contribution in [1.29, 1.82) is 0 Å². The van der Waals surface area contributed by atoms with Crippen molar-refractivity contribution in [3.8, 4) is 0 Å². The third kappa shape index (κ3) is 4.54. The number of carbonyl (C=O) groups is 3. The number of nitrogens with two attached hydrogens (primary N) is 1. The van der Waals surface area contributed by atoms with Gasteiger partial charge in [0, 0.05) is 11.1 Å². The maximum Gasteiger partial charge on any atom is 0.326 e. The second-order valence-corrected chi connectivity index (χ2v) is 8.17. The zero-order chi connectivity index (χ0) is 24.1. The van der Waals surface area contributed by atoms with E-state index in [1.807, 2.05) is 48.5 Å². The predicted octanol–water partition coefficient (Wildman–Crippen LogP) is 4.86. The van der Waals surface area contributed by atoms with Crippen LogP contribution in [0.1, 0.15) is 40.0 Å². The molecule has 6 heteroatoms. The molecule has 0 aliphatic heterocycles. The number of rotatable bonds is 8. The first-order valence-electron chi connectivity index (χ1n) is 11.3. The summed E-state index contributed by atoms with van der Waals surface area (Å²) in [7, 11) is 0.